The molecule has 0 saturated carbocycles. The number of rotatable bonds is 7. The predicted octanol–water partition coefficient (Wildman–Crippen LogP) is 2.90. The van der Waals surface area contributed by atoms with E-state index in [0.29, 0.717) is 12.1 Å². The summed E-state index contributed by atoms with van der Waals surface area (Å²) in [7, 11) is 0. The Bertz CT molecular complexity index is 1290. The van der Waals surface area contributed by atoms with Crippen LogP contribution in [-0.2, 0) is 22.6 Å². The minimum Gasteiger partial charge on any atom is -0.508 e. The van der Waals surface area contributed by atoms with Gasteiger partial charge in [-0.25, -0.2) is 0 Å². The lowest BCUT2D eigenvalue weighted by atomic mass is 9.99. The predicted molar refractivity (Wildman–Crippen MR) is 150 cm³/mol. The maximum absolute atomic E-state index is 12.9. The molecule has 3 aromatic rings. The number of aryl methyl sites for hydroxylation is 1. The standard InChI is InChI=1S/C23H26N2O5.C8H11N/c1-14-12-25(13-20(14)27)23(30)21(28)18(11-16-7-4-3-5-8-16)24-22(29)17-9-6-10-19(26)15(17)2;1-7-4-2-3-5-8(7)6-9/h3-10,14,18,21,26,28H,11-13H2,1-2H3,(H,24,29);2-5H,6,9H2,1H3. The Morgan fingerprint density at radius 3 is 2.28 bits per heavy atom. The fourth-order valence-electron chi connectivity index (χ4n) is 4.43. The molecule has 1 fully saturated rings. The van der Waals surface area contributed by atoms with Crippen molar-refractivity contribution in [1.29, 1.82) is 0 Å². The van der Waals surface area contributed by atoms with E-state index in [0.717, 1.165) is 5.56 Å². The number of hydrogen-bond donors (Lipinski definition) is 4. The van der Waals surface area contributed by atoms with Crippen LogP contribution in [0.3, 0.4) is 0 Å². The summed E-state index contributed by atoms with van der Waals surface area (Å²) < 4.78 is 0. The molecule has 3 atom stereocenters. The molecule has 1 saturated heterocycles. The lowest BCUT2D eigenvalue weighted by Crippen LogP contribution is -2.52. The van der Waals surface area contributed by atoms with Gasteiger partial charge in [-0.05, 0) is 49.1 Å². The van der Waals surface area contributed by atoms with Crippen molar-refractivity contribution >= 4 is 17.6 Å². The van der Waals surface area contributed by atoms with Crippen molar-refractivity contribution in [2.45, 2.75) is 45.9 Å². The third-order valence-corrected chi connectivity index (χ3v) is 6.98. The highest BCUT2D eigenvalue weighted by atomic mass is 16.3. The molecule has 3 aromatic carbocycles. The van der Waals surface area contributed by atoms with Crippen molar-refractivity contribution < 1.29 is 24.6 Å². The van der Waals surface area contributed by atoms with Gasteiger partial charge in [0.2, 0.25) is 0 Å². The molecule has 2 amide bonds. The number of ketones is 1. The molecule has 8 nitrogen and oxygen atoms in total. The van der Waals surface area contributed by atoms with Crippen LogP contribution in [-0.4, -0.2) is 57.9 Å². The Kier molecular flexibility index (Phi) is 10.4. The van der Waals surface area contributed by atoms with Gasteiger partial charge in [-0.3, -0.25) is 14.4 Å². The number of carbonyl (C=O) groups is 3. The van der Waals surface area contributed by atoms with Crippen LogP contribution in [0, 0.1) is 19.8 Å². The topological polar surface area (TPSA) is 133 Å². The number of carbonyl (C=O) groups excluding carboxylic acids is 3. The van der Waals surface area contributed by atoms with E-state index in [1.807, 2.05) is 42.5 Å². The maximum Gasteiger partial charge on any atom is 0.253 e. The van der Waals surface area contributed by atoms with Gasteiger partial charge >= 0.3 is 0 Å². The van der Waals surface area contributed by atoms with E-state index in [1.165, 1.54) is 22.1 Å². The van der Waals surface area contributed by atoms with Crippen LogP contribution >= 0.6 is 0 Å². The zero-order chi connectivity index (χ0) is 28.5. The largest absolute Gasteiger partial charge is 0.508 e. The number of aliphatic hydroxyl groups is 1. The highest BCUT2D eigenvalue weighted by molar-refractivity contribution is 5.97. The second-order valence-electron chi connectivity index (χ2n) is 9.88. The van der Waals surface area contributed by atoms with Crippen LogP contribution in [0.15, 0.2) is 72.8 Å². The Labute approximate surface area is 229 Å². The van der Waals surface area contributed by atoms with E-state index >= 15 is 0 Å². The van der Waals surface area contributed by atoms with Gasteiger partial charge < -0.3 is 26.2 Å². The van der Waals surface area contributed by atoms with Crippen LogP contribution < -0.4 is 11.1 Å². The Morgan fingerprint density at radius 1 is 1.03 bits per heavy atom. The van der Waals surface area contributed by atoms with Gasteiger partial charge in [0, 0.05) is 30.1 Å². The number of nitrogens with zero attached hydrogens (tertiary/aromatic N) is 1. The van der Waals surface area contributed by atoms with Gasteiger partial charge in [0.05, 0.1) is 12.6 Å². The molecule has 8 heteroatoms. The minimum atomic E-state index is -1.51. The summed E-state index contributed by atoms with van der Waals surface area (Å²) in [6.07, 6.45) is -1.28. The molecular formula is C31H37N3O5. The van der Waals surface area contributed by atoms with E-state index in [9.17, 15) is 24.6 Å². The number of amides is 2. The lowest BCUT2D eigenvalue weighted by Gasteiger charge is -2.27. The summed E-state index contributed by atoms with van der Waals surface area (Å²) in [4.78, 5) is 38.9. The fourth-order valence-corrected chi connectivity index (χ4v) is 4.43. The number of hydrogen-bond acceptors (Lipinski definition) is 6. The van der Waals surface area contributed by atoms with Crippen LogP contribution in [0.25, 0.3) is 0 Å². The van der Waals surface area contributed by atoms with Crippen molar-refractivity contribution in [3.63, 3.8) is 0 Å². The highest BCUT2D eigenvalue weighted by Crippen LogP contribution is 2.21. The smallest absolute Gasteiger partial charge is 0.253 e. The quantitative estimate of drug-likeness (QED) is 0.371. The second-order valence-corrected chi connectivity index (χ2v) is 9.88. The van der Waals surface area contributed by atoms with Crippen LogP contribution in [0.4, 0.5) is 0 Å². The SMILES string of the molecule is Cc1c(O)cccc1C(=O)NC(Cc1ccccc1)C(O)C(=O)N1CC(=O)C(C)C1.Cc1ccccc1CN. The first-order valence-electron chi connectivity index (χ1n) is 13.0. The summed E-state index contributed by atoms with van der Waals surface area (Å²) in [5, 5.41) is 23.5. The molecule has 3 unspecified atom stereocenters. The van der Waals surface area contributed by atoms with Gasteiger partial charge in [-0.2, -0.15) is 0 Å². The Balaban J connectivity index is 0.000000395. The average Bonchev–Trinajstić information content (AvgIpc) is 3.28. The van der Waals surface area contributed by atoms with E-state index < -0.39 is 24.0 Å². The van der Waals surface area contributed by atoms with Gasteiger partial charge in [-0.1, -0.05) is 67.6 Å². The number of aromatic hydroxyl groups is 1. The molecule has 39 heavy (non-hydrogen) atoms. The number of likely N-dealkylation sites (tertiary alicyclic amines) is 1. The fraction of sp³-hybridized carbons (Fsp3) is 0.323. The number of phenols is 1. The molecule has 1 aliphatic heterocycles. The number of nitrogens with two attached hydrogens (primary N) is 1. The van der Waals surface area contributed by atoms with Crippen LogP contribution in [0.2, 0.25) is 0 Å². The zero-order valence-electron chi connectivity index (χ0n) is 22.6. The van der Waals surface area contributed by atoms with Gasteiger partial charge in [0.1, 0.15) is 5.75 Å². The van der Waals surface area contributed by atoms with E-state index in [2.05, 4.69) is 24.4 Å². The third kappa shape index (κ3) is 7.75. The average molecular weight is 532 g/mol. The van der Waals surface area contributed by atoms with E-state index in [-0.39, 0.29) is 42.5 Å². The maximum atomic E-state index is 12.9. The van der Waals surface area contributed by atoms with Crippen molar-refractivity contribution in [3.8, 4) is 5.75 Å². The molecule has 206 valence electrons. The van der Waals surface area contributed by atoms with Gasteiger partial charge in [0.15, 0.2) is 11.9 Å². The van der Waals surface area contributed by atoms with Gasteiger partial charge in [-0.15, -0.1) is 0 Å². The zero-order valence-corrected chi connectivity index (χ0v) is 22.6. The normalized spacial score (nSPS) is 16.2. The van der Waals surface area contributed by atoms with Gasteiger partial charge in [0.25, 0.3) is 11.8 Å². The van der Waals surface area contributed by atoms with Crippen molar-refractivity contribution in [3.05, 3.63) is 101 Å². The first-order chi connectivity index (χ1) is 18.6. The molecule has 5 N–H and O–H groups in total. The summed E-state index contributed by atoms with van der Waals surface area (Å²) in [5.41, 5.74) is 9.48. The summed E-state index contributed by atoms with van der Waals surface area (Å²) in [5.74, 6) is -1.40. The molecule has 0 radical (unpaired) electrons. The van der Waals surface area contributed by atoms with Crippen LogP contribution in [0.1, 0.15) is 39.5 Å². The summed E-state index contributed by atoms with van der Waals surface area (Å²) >= 11 is 0. The Morgan fingerprint density at radius 2 is 1.69 bits per heavy atom. The molecule has 0 spiro atoms. The highest BCUT2D eigenvalue weighted by Gasteiger charge is 2.37. The second kappa shape index (κ2) is 13.7. The number of aliphatic hydroxyl groups excluding tert-OH is 1. The van der Waals surface area contributed by atoms with E-state index in [4.69, 9.17) is 5.73 Å². The summed E-state index contributed by atoms with van der Waals surface area (Å²) in [6.45, 7) is 6.31. The number of phenolic OH excluding ortho intramolecular Hbond substituents is 1. The molecule has 0 bridgehead atoms. The summed E-state index contributed by atoms with van der Waals surface area (Å²) in [6, 6.07) is 21.1. The molecule has 1 aliphatic rings. The van der Waals surface area contributed by atoms with E-state index in [1.54, 1.807) is 26.0 Å². The number of Topliss-reactive ketones (excluding diaryl/α,β-unsaturated/α-hetero) is 1. The molecule has 1 heterocycles. The minimum absolute atomic E-state index is 0.0107. The number of nitrogens with one attached hydrogen (secondary N) is 1. The first kappa shape index (κ1) is 29.5. The molecule has 0 aliphatic carbocycles. The van der Waals surface area contributed by atoms with Crippen molar-refractivity contribution in [2.24, 2.45) is 11.7 Å². The van der Waals surface area contributed by atoms with Crippen molar-refractivity contribution in [1.82, 2.24) is 10.2 Å². The third-order valence-electron chi connectivity index (χ3n) is 6.98. The van der Waals surface area contributed by atoms with Crippen LogP contribution in [0.5, 0.6) is 5.75 Å². The van der Waals surface area contributed by atoms with Crippen molar-refractivity contribution in [2.75, 3.05) is 13.1 Å². The molecule has 4 rings (SSSR count). The number of benzene rings is 3. The molecular weight excluding hydrogens is 494 g/mol. The molecule has 0 aromatic heterocycles. The Hall–Kier alpha value is -4.01. The monoisotopic (exact) mass is 531 g/mol. The lowest BCUT2D eigenvalue weighted by molar-refractivity contribution is -0.141. The first-order valence-corrected chi connectivity index (χ1v) is 13.0.